The Morgan fingerprint density at radius 3 is 2.75 bits per heavy atom. The maximum Gasteiger partial charge on any atom is 0.112 e. The van der Waals surface area contributed by atoms with Crippen LogP contribution in [0.15, 0.2) is 24.3 Å². The van der Waals surface area contributed by atoms with E-state index in [1.165, 1.54) is 5.52 Å². The first-order valence-corrected chi connectivity index (χ1v) is 8.40. The quantitative estimate of drug-likeness (QED) is 0.849. The maximum absolute atomic E-state index is 10.2. The van der Waals surface area contributed by atoms with E-state index in [1.807, 2.05) is 18.2 Å². The topological polar surface area (TPSA) is 38.0 Å². The number of aryl methyl sites for hydroxylation is 1. The predicted molar refractivity (Wildman–Crippen MR) is 87.3 cm³/mol. The number of hydrogen-bond acceptors (Lipinski definition) is 3. The number of fused-ring (bicyclic) bond motifs is 1. The smallest absolute Gasteiger partial charge is 0.112 e. The highest BCUT2D eigenvalue weighted by atomic mass is 32.2. The Labute approximate surface area is 125 Å². The minimum absolute atomic E-state index is 0.324. The number of benzene rings is 1. The molecule has 1 unspecified atom stereocenters. The molecule has 0 fully saturated rings. The lowest BCUT2D eigenvalue weighted by Gasteiger charge is -2.13. The molecule has 20 heavy (non-hydrogen) atoms. The Kier molecular flexibility index (Phi) is 5.49. The lowest BCUT2D eigenvalue weighted by Crippen LogP contribution is -2.18. The van der Waals surface area contributed by atoms with Crippen LogP contribution in [0.25, 0.3) is 11.0 Å². The lowest BCUT2D eigenvalue weighted by molar-refractivity contribution is 0.196. The third kappa shape index (κ3) is 3.76. The summed E-state index contributed by atoms with van der Waals surface area (Å²) in [5, 5.41) is 10.7. The van der Waals surface area contributed by atoms with Gasteiger partial charge in [0.1, 0.15) is 5.82 Å². The van der Waals surface area contributed by atoms with Gasteiger partial charge in [-0.1, -0.05) is 32.9 Å². The Morgan fingerprint density at radius 2 is 2.05 bits per heavy atom. The predicted octanol–water partition coefficient (Wildman–Crippen LogP) is 3.49. The Morgan fingerprint density at radius 1 is 1.30 bits per heavy atom. The highest BCUT2D eigenvalue weighted by molar-refractivity contribution is 7.99. The average molecular weight is 292 g/mol. The fourth-order valence-corrected chi connectivity index (χ4v) is 3.05. The van der Waals surface area contributed by atoms with Crippen molar-refractivity contribution in [1.82, 2.24) is 9.55 Å². The number of aliphatic hydroxyl groups is 1. The van der Waals surface area contributed by atoms with Crippen molar-refractivity contribution in [2.45, 2.75) is 51.5 Å². The van der Waals surface area contributed by atoms with Crippen LogP contribution in [-0.2, 0) is 13.0 Å². The van der Waals surface area contributed by atoms with Crippen LogP contribution in [0.4, 0.5) is 0 Å². The van der Waals surface area contributed by atoms with Crippen LogP contribution in [0.1, 0.15) is 33.0 Å². The summed E-state index contributed by atoms with van der Waals surface area (Å²) in [5.74, 6) is 1.78. The molecule has 4 heteroatoms. The van der Waals surface area contributed by atoms with E-state index in [4.69, 9.17) is 4.98 Å². The normalized spacial score (nSPS) is 13.2. The van der Waals surface area contributed by atoms with Crippen molar-refractivity contribution in [3.05, 3.63) is 30.1 Å². The molecule has 110 valence electrons. The third-order valence-electron chi connectivity index (χ3n) is 3.22. The molecule has 0 saturated heterocycles. The van der Waals surface area contributed by atoms with Gasteiger partial charge in [0, 0.05) is 18.7 Å². The summed E-state index contributed by atoms with van der Waals surface area (Å²) in [6.45, 7) is 7.44. The van der Waals surface area contributed by atoms with E-state index in [0.29, 0.717) is 11.7 Å². The molecule has 3 nitrogen and oxygen atoms in total. The number of aliphatic hydroxyl groups excluding tert-OH is 1. The first kappa shape index (κ1) is 15.4. The fourth-order valence-electron chi connectivity index (χ4n) is 2.33. The molecule has 1 N–H and O–H groups in total. The number of thioether (sulfide) groups is 1. The van der Waals surface area contributed by atoms with Crippen LogP contribution >= 0.6 is 11.8 Å². The van der Waals surface area contributed by atoms with Crippen LogP contribution in [0.3, 0.4) is 0 Å². The van der Waals surface area contributed by atoms with Gasteiger partial charge < -0.3 is 9.67 Å². The van der Waals surface area contributed by atoms with Gasteiger partial charge in [0.25, 0.3) is 0 Å². The second-order valence-corrected chi connectivity index (χ2v) is 7.02. The van der Waals surface area contributed by atoms with Gasteiger partial charge >= 0.3 is 0 Å². The van der Waals surface area contributed by atoms with Crippen molar-refractivity contribution in [3.63, 3.8) is 0 Å². The van der Waals surface area contributed by atoms with Crippen LogP contribution in [0.5, 0.6) is 0 Å². The zero-order valence-corrected chi connectivity index (χ0v) is 13.4. The molecule has 1 aromatic carbocycles. The summed E-state index contributed by atoms with van der Waals surface area (Å²) in [5.41, 5.74) is 2.20. The minimum atomic E-state index is -0.324. The van der Waals surface area contributed by atoms with Gasteiger partial charge in [0.15, 0.2) is 0 Å². The molecule has 0 amide bonds. The van der Waals surface area contributed by atoms with E-state index in [-0.39, 0.29) is 6.10 Å². The van der Waals surface area contributed by atoms with Crippen LogP contribution in [0, 0.1) is 0 Å². The molecule has 0 aliphatic carbocycles. The van der Waals surface area contributed by atoms with Gasteiger partial charge in [-0.2, -0.15) is 11.8 Å². The monoisotopic (exact) mass is 292 g/mol. The van der Waals surface area contributed by atoms with Crippen molar-refractivity contribution < 1.29 is 5.11 Å². The highest BCUT2D eigenvalue weighted by Crippen LogP contribution is 2.19. The molecule has 0 radical (unpaired) electrons. The molecule has 1 heterocycles. The van der Waals surface area contributed by atoms with Crippen molar-refractivity contribution in [3.8, 4) is 0 Å². The van der Waals surface area contributed by atoms with Gasteiger partial charge in [0.2, 0.25) is 0 Å². The molecular formula is C16H24N2OS. The largest absolute Gasteiger partial charge is 0.392 e. The summed E-state index contributed by atoms with van der Waals surface area (Å²) in [4.78, 5) is 4.69. The molecule has 0 spiro atoms. The van der Waals surface area contributed by atoms with Crippen LogP contribution in [-0.4, -0.2) is 31.8 Å². The van der Waals surface area contributed by atoms with E-state index in [2.05, 4.69) is 31.4 Å². The summed E-state index contributed by atoms with van der Waals surface area (Å²) in [7, 11) is 0. The Bertz CT molecular complexity index is 550. The van der Waals surface area contributed by atoms with Gasteiger partial charge in [-0.15, -0.1) is 0 Å². The summed E-state index contributed by atoms with van der Waals surface area (Å²) >= 11 is 1.80. The molecule has 2 rings (SSSR count). The van der Waals surface area contributed by atoms with E-state index in [0.717, 1.165) is 30.1 Å². The van der Waals surface area contributed by atoms with Gasteiger partial charge in [-0.05, 0) is 23.8 Å². The molecule has 2 aromatic rings. The molecule has 0 bridgehead atoms. The van der Waals surface area contributed by atoms with E-state index >= 15 is 0 Å². The van der Waals surface area contributed by atoms with Crippen molar-refractivity contribution >= 4 is 22.8 Å². The second-order valence-electron chi connectivity index (χ2n) is 5.41. The fraction of sp³-hybridized carbons (Fsp3) is 0.562. The standard InChI is InChI=1S/C16H24N2OS/c1-4-9-18-15-8-6-5-7-14(15)17-16(18)10-13(19)11-20-12(2)3/h5-8,12-13,19H,4,9-11H2,1-3H3. The molecule has 1 atom stereocenters. The SMILES string of the molecule is CCCn1c(CC(O)CSC(C)C)nc2ccccc21. The molecule has 0 aliphatic rings. The minimum Gasteiger partial charge on any atom is -0.392 e. The lowest BCUT2D eigenvalue weighted by atomic mass is 10.2. The average Bonchev–Trinajstić information content (AvgIpc) is 2.75. The number of aromatic nitrogens is 2. The van der Waals surface area contributed by atoms with Crippen LogP contribution < -0.4 is 0 Å². The highest BCUT2D eigenvalue weighted by Gasteiger charge is 2.14. The summed E-state index contributed by atoms with van der Waals surface area (Å²) in [6, 6.07) is 8.21. The maximum atomic E-state index is 10.2. The van der Waals surface area contributed by atoms with E-state index < -0.39 is 0 Å². The van der Waals surface area contributed by atoms with Gasteiger partial charge in [0.05, 0.1) is 17.1 Å². The number of hydrogen-bond donors (Lipinski definition) is 1. The first-order valence-electron chi connectivity index (χ1n) is 7.35. The summed E-state index contributed by atoms with van der Waals surface area (Å²) < 4.78 is 2.25. The number of imidazole rings is 1. The van der Waals surface area contributed by atoms with Crippen LogP contribution in [0.2, 0.25) is 0 Å². The van der Waals surface area contributed by atoms with Crippen molar-refractivity contribution in [2.24, 2.45) is 0 Å². The molecule has 1 aromatic heterocycles. The third-order valence-corrected chi connectivity index (χ3v) is 4.46. The Hall–Kier alpha value is -1.00. The van der Waals surface area contributed by atoms with Crippen molar-refractivity contribution in [2.75, 3.05) is 5.75 Å². The molecule has 0 saturated carbocycles. The van der Waals surface area contributed by atoms with E-state index in [1.54, 1.807) is 11.8 Å². The second kappa shape index (κ2) is 7.14. The zero-order valence-electron chi connectivity index (χ0n) is 12.5. The number of nitrogens with zero attached hydrogens (tertiary/aromatic N) is 2. The summed E-state index contributed by atoms with van der Waals surface area (Å²) in [6.07, 6.45) is 1.38. The zero-order chi connectivity index (χ0) is 14.5. The van der Waals surface area contributed by atoms with Gasteiger partial charge in [-0.25, -0.2) is 4.98 Å². The first-order chi connectivity index (χ1) is 9.61. The van der Waals surface area contributed by atoms with Crippen molar-refractivity contribution in [1.29, 1.82) is 0 Å². The molecular weight excluding hydrogens is 268 g/mol. The van der Waals surface area contributed by atoms with Gasteiger partial charge in [-0.3, -0.25) is 0 Å². The number of rotatable bonds is 7. The number of para-hydroxylation sites is 2. The Balaban J connectivity index is 2.17. The molecule has 0 aliphatic heterocycles. The van der Waals surface area contributed by atoms with E-state index in [9.17, 15) is 5.11 Å².